The molecule has 0 unspecified atom stereocenters. The molecule has 3 aromatic rings. The van der Waals surface area contributed by atoms with E-state index in [1.165, 1.54) is 0 Å². The Balaban J connectivity index is 1.27. The van der Waals surface area contributed by atoms with E-state index < -0.39 is 11.4 Å². The van der Waals surface area contributed by atoms with Crippen LogP contribution in [0, 0.1) is 13.8 Å². The van der Waals surface area contributed by atoms with E-state index in [2.05, 4.69) is 5.32 Å². The lowest BCUT2D eigenvalue weighted by atomic mass is 9.91. The predicted octanol–water partition coefficient (Wildman–Crippen LogP) is 5.54. The maximum Gasteiger partial charge on any atom is 0.314 e. The smallest absolute Gasteiger partial charge is 0.314 e. The van der Waals surface area contributed by atoms with Crippen molar-refractivity contribution in [1.82, 2.24) is 0 Å². The second-order valence-corrected chi connectivity index (χ2v) is 9.61. The van der Waals surface area contributed by atoms with E-state index in [0.29, 0.717) is 58.5 Å². The summed E-state index contributed by atoms with van der Waals surface area (Å²) in [6, 6.07) is 16.1. The van der Waals surface area contributed by atoms with Gasteiger partial charge in [-0.3, -0.25) is 9.59 Å². The van der Waals surface area contributed by atoms with Gasteiger partial charge in [0.05, 0.1) is 10.4 Å². The third-order valence-electron chi connectivity index (χ3n) is 6.76. The molecular weight excluding hydrogens is 482 g/mol. The minimum Gasteiger partial charge on any atom is -0.488 e. The van der Waals surface area contributed by atoms with Crippen molar-refractivity contribution in [3.8, 4) is 17.2 Å². The van der Waals surface area contributed by atoms with Gasteiger partial charge in [-0.15, -0.1) is 0 Å². The Morgan fingerprint density at radius 1 is 1.11 bits per heavy atom. The molecule has 186 valence electrons. The highest BCUT2D eigenvalue weighted by Gasteiger charge is 2.52. The van der Waals surface area contributed by atoms with Gasteiger partial charge in [-0.25, -0.2) is 0 Å². The number of para-hydroxylation sites is 2. The van der Waals surface area contributed by atoms with E-state index in [0.717, 1.165) is 11.1 Å². The van der Waals surface area contributed by atoms with Gasteiger partial charge in [0, 0.05) is 11.3 Å². The summed E-state index contributed by atoms with van der Waals surface area (Å²) in [6.45, 7) is 4.23. The molecule has 1 saturated carbocycles. The fraction of sp³-hybridized carbons (Fsp3) is 0.286. The minimum absolute atomic E-state index is 0.233. The van der Waals surface area contributed by atoms with Crippen molar-refractivity contribution in [2.45, 2.75) is 38.2 Å². The maximum absolute atomic E-state index is 13.1. The molecule has 0 bridgehead atoms. The topological polar surface area (TPSA) is 94.1 Å². The number of carbonyl (C=O) groups is 2. The second-order valence-electron chi connectivity index (χ2n) is 9.23. The Bertz CT molecular complexity index is 1350. The fourth-order valence-electron chi connectivity index (χ4n) is 4.48. The molecule has 1 amide bonds. The summed E-state index contributed by atoms with van der Waals surface area (Å²) in [7, 11) is 0. The van der Waals surface area contributed by atoms with E-state index in [-0.39, 0.29) is 18.6 Å². The summed E-state index contributed by atoms with van der Waals surface area (Å²) >= 11 is 6.55. The Morgan fingerprint density at radius 3 is 2.58 bits per heavy atom. The van der Waals surface area contributed by atoms with Crippen LogP contribution in [0.3, 0.4) is 0 Å². The SMILES string of the molecule is Cc1ccc(NC(=O)c2ccc(OC[C@H]3COc4ccccc4O3)c(Cl)c2C)cc1C1(C(=O)O)CC1. The molecule has 7 nitrogen and oxygen atoms in total. The van der Waals surface area contributed by atoms with Crippen molar-refractivity contribution in [2.24, 2.45) is 0 Å². The first kappa shape index (κ1) is 24.0. The maximum atomic E-state index is 13.1. The number of amides is 1. The molecule has 36 heavy (non-hydrogen) atoms. The molecule has 1 atom stereocenters. The standard InChI is InChI=1S/C28H26ClNO6/c1-16-7-8-18(13-21(16)28(11-12-28)27(32)33)30-26(31)20-9-10-24(25(29)17(20)2)35-15-19-14-34-22-5-3-4-6-23(22)36-19/h3-10,13,19H,11-12,14-15H2,1-2H3,(H,30,31)(H,32,33)/t19-/m1/s1. The number of anilines is 1. The lowest BCUT2D eigenvalue weighted by Crippen LogP contribution is -2.34. The van der Waals surface area contributed by atoms with Crippen molar-refractivity contribution in [3.05, 3.63) is 81.9 Å². The molecule has 0 radical (unpaired) electrons. The number of aryl methyl sites for hydroxylation is 1. The summed E-state index contributed by atoms with van der Waals surface area (Å²) in [4.78, 5) is 24.8. The minimum atomic E-state index is -0.849. The summed E-state index contributed by atoms with van der Waals surface area (Å²) in [5.74, 6) is 0.650. The molecule has 1 fully saturated rings. The normalized spacial score (nSPS) is 17.2. The summed E-state index contributed by atoms with van der Waals surface area (Å²) in [5, 5.41) is 12.9. The molecule has 5 rings (SSSR count). The zero-order chi connectivity index (χ0) is 25.4. The largest absolute Gasteiger partial charge is 0.488 e. The molecule has 2 N–H and O–H groups in total. The molecule has 1 heterocycles. The van der Waals surface area contributed by atoms with Crippen molar-refractivity contribution >= 4 is 29.2 Å². The monoisotopic (exact) mass is 507 g/mol. The van der Waals surface area contributed by atoms with Gasteiger partial charge >= 0.3 is 5.97 Å². The van der Waals surface area contributed by atoms with Gasteiger partial charge in [0.25, 0.3) is 5.91 Å². The zero-order valence-corrected chi connectivity index (χ0v) is 20.7. The van der Waals surface area contributed by atoms with Crippen LogP contribution >= 0.6 is 11.6 Å². The van der Waals surface area contributed by atoms with E-state index in [4.69, 9.17) is 25.8 Å². The number of nitrogens with one attached hydrogen (secondary N) is 1. The molecule has 1 aliphatic carbocycles. The molecule has 1 aliphatic heterocycles. The Kier molecular flexibility index (Phi) is 6.26. The van der Waals surface area contributed by atoms with Gasteiger partial charge in [-0.2, -0.15) is 0 Å². The summed E-state index contributed by atoms with van der Waals surface area (Å²) < 4.78 is 17.5. The van der Waals surface area contributed by atoms with E-state index in [1.807, 2.05) is 37.3 Å². The number of carboxylic acids is 1. The average molecular weight is 508 g/mol. The molecule has 0 aromatic heterocycles. The van der Waals surface area contributed by atoms with E-state index >= 15 is 0 Å². The van der Waals surface area contributed by atoms with E-state index in [9.17, 15) is 14.7 Å². The highest BCUT2D eigenvalue weighted by molar-refractivity contribution is 6.33. The van der Waals surface area contributed by atoms with Crippen LogP contribution in [0.4, 0.5) is 5.69 Å². The Hall–Kier alpha value is -3.71. The lowest BCUT2D eigenvalue weighted by molar-refractivity contribution is -0.140. The molecule has 0 spiro atoms. The third-order valence-corrected chi connectivity index (χ3v) is 7.23. The lowest BCUT2D eigenvalue weighted by Gasteiger charge is -2.26. The average Bonchev–Trinajstić information content (AvgIpc) is 3.68. The highest BCUT2D eigenvalue weighted by Crippen LogP contribution is 2.50. The van der Waals surface area contributed by atoms with Crippen molar-refractivity contribution in [3.63, 3.8) is 0 Å². The van der Waals surface area contributed by atoms with Gasteiger partial charge in [0.2, 0.25) is 0 Å². The van der Waals surface area contributed by atoms with Crippen LogP contribution in [0.15, 0.2) is 54.6 Å². The number of rotatable bonds is 7. The number of halogens is 1. The van der Waals surface area contributed by atoms with Crippen LogP contribution in [0.1, 0.15) is 39.9 Å². The van der Waals surface area contributed by atoms with E-state index in [1.54, 1.807) is 31.2 Å². The number of benzene rings is 3. The van der Waals surface area contributed by atoms with Crippen LogP contribution in [0.25, 0.3) is 0 Å². The van der Waals surface area contributed by atoms with Crippen LogP contribution in [-0.2, 0) is 10.2 Å². The fourth-order valence-corrected chi connectivity index (χ4v) is 4.70. The number of aliphatic carboxylic acids is 1. The summed E-state index contributed by atoms with van der Waals surface area (Å²) in [5.41, 5.74) is 2.30. The highest BCUT2D eigenvalue weighted by atomic mass is 35.5. The first-order valence-corrected chi connectivity index (χ1v) is 12.1. The van der Waals surface area contributed by atoms with Gasteiger partial charge in [0.15, 0.2) is 17.6 Å². The molecule has 8 heteroatoms. The van der Waals surface area contributed by atoms with Gasteiger partial charge in [-0.05, 0) is 79.8 Å². The van der Waals surface area contributed by atoms with Crippen LogP contribution in [0.5, 0.6) is 17.2 Å². The number of ether oxygens (including phenoxy) is 3. The quantitative estimate of drug-likeness (QED) is 0.436. The van der Waals surface area contributed by atoms with Crippen molar-refractivity contribution < 1.29 is 28.9 Å². The third kappa shape index (κ3) is 4.46. The summed E-state index contributed by atoms with van der Waals surface area (Å²) in [6.07, 6.45) is 0.901. The zero-order valence-electron chi connectivity index (χ0n) is 20.0. The number of carbonyl (C=O) groups excluding carboxylic acids is 1. The van der Waals surface area contributed by atoms with Crippen LogP contribution in [0.2, 0.25) is 5.02 Å². The predicted molar refractivity (Wildman–Crippen MR) is 136 cm³/mol. The van der Waals surface area contributed by atoms with Gasteiger partial charge in [-0.1, -0.05) is 29.8 Å². The number of hydrogen-bond acceptors (Lipinski definition) is 5. The van der Waals surface area contributed by atoms with Gasteiger partial charge < -0.3 is 24.6 Å². The molecule has 0 saturated heterocycles. The number of fused-ring (bicyclic) bond motifs is 1. The molecular formula is C28H26ClNO6. The molecule has 3 aromatic carbocycles. The Labute approximate surface area is 213 Å². The number of carboxylic acid groups (broad SMARTS) is 1. The molecule has 2 aliphatic rings. The Morgan fingerprint density at radius 2 is 1.86 bits per heavy atom. The first-order valence-electron chi connectivity index (χ1n) is 11.7. The number of hydrogen-bond donors (Lipinski definition) is 2. The first-order chi connectivity index (χ1) is 17.3. The van der Waals surface area contributed by atoms with Crippen molar-refractivity contribution in [1.29, 1.82) is 0 Å². The second kappa shape index (κ2) is 9.39. The van der Waals surface area contributed by atoms with Gasteiger partial charge in [0.1, 0.15) is 19.0 Å². The van der Waals surface area contributed by atoms with Crippen molar-refractivity contribution in [2.75, 3.05) is 18.5 Å². The van der Waals surface area contributed by atoms with Crippen LogP contribution < -0.4 is 19.5 Å². The van der Waals surface area contributed by atoms with Crippen LogP contribution in [-0.4, -0.2) is 36.3 Å².